The van der Waals surface area contributed by atoms with Crippen molar-refractivity contribution in [1.29, 1.82) is 0 Å². The van der Waals surface area contributed by atoms with Crippen LogP contribution in [0.4, 0.5) is 0 Å². The Morgan fingerprint density at radius 1 is 1.35 bits per heavy atom. The minimum absolute atomic E-state index is 0.659. The van der Waals surface area contributed by atoms with Gasteiger partial charge in [-0.05, 0) is 53.8 Å². The highest BCUT2D eigenvalue weighted by atomic mass is 32.1. The molecule has 1 unspecified atom stereocenters. The molecule has 2 heterocycles. The molecule has 0 amide bonds. The van der Waals surface area contributed by atoms with E-state index in [1.54, 1.807) is 18.4 Å². The molecule has 1 aromatic carbocycles. The molecule has 1 fully saturated rings. The fourth-order valence-electron chi connectivity index (χ4n) is 2.69. The van der Waals surface area contributed by atoms with Crippen LogP contribution >= 0.6 is 11.3 Å². The first kappa shape index (κ1) is 11.1. The molecule has 0 bridgehead atoms. The normalized spacial score (nSPS) is 20.6. The Morgan fingerprint density at radius 2 is 2.29 bits per heavy atom. The van der Waals surface area contributed by atoms with Gasteiger partial charge in [0.15, 0.2) is 0 Å². The molecule has 1 N–H and O–H groups in total. The molecule has 0 spiro atoms. The predicted molar refractivity (Wildman–Crippen MR) is 73.2 cm³/mol. The van der Waals surface area contributed by atoms with Crippen LogP contribution in [0.3, 0.4) is 0 Å². The lowest BCUT2D eigenvalue weighted by atomic mass is 9.89. The number of benzene rings is 1. The molecule has 2 aromatic rings. The van der Waals surface area contributed by atoms with E-state index >= 15 is 0 Å². The van der Waals surface area contributed by atoms with E-state index in [1.165, 1.54) is 35.0 Å². The maximum Gasteiger partial charge on any atom is 0.136 e. The largest absolute Gasteiger partial charge is 0.495 e. The summed E-state index contributed by atoms with van der Waals surface area (Å²) in [6.07, 6.45) is 2.58. The van der Waals surface area contributed by atoms with E-state index in [4.69, 9.17) is 4.74 Å². The molecule has 1 aliphatic rings. The maximum absolute atomic E-state index is 5.42. The zero-order valence-electron chi connectivity index (χ0n) is 10.0. The zero-order valence-corrected chi connectivity index (χ0v) is 10.8. The standard InChI is InChI=1S/C14H17NOS/c1-16-13-5-4-11(10-3-2-7-15-9-10)12-6-8-17-14(12)13/h4-6,8,10,15H,2-3,7,9H2,1H3. The van der Waals surface area contributed by atoms with Gasteiger partial charge in [0, 0.05) is 6.54 Å². The smallest absolute Gasteiger partial charge is 0.136 e. The highest BCUT2D eigenvalue weighted by Gasteiger charge is 2.18. The highest BCUT2D eigenvalue weighted by Crippen LogP contribution is 2.37. The Balaban J connectivity index is 2.07. The van der Waals surface area contributed by atoms with Crippen LogP contribution < -0.4 is 10.1 Å². The van der Waals surface area contributed by atoms with Crippen molar-refractivity contribution >= 4 is 21.4 Å². The van der Waals surface area contributed by atoms with Gasteiger partial charge >= 0.3 is 0 Å². The van der Waals surface area contributed by atoms with Crippen LogP contribution in [-0.2, 0) is 0 Å². The monoisotopic (exact) mass is 247 g/mol. The fourth-order valence-corrected chi connectivity index (χ4v) is 3.61. The fraction of sp³-hybridized carbons (Fsp3) is 0.429. The quantitative estimate of drug-likeness (QED) is 0.878. The molecule has 2 nitrogen and oxygen atoms in total. The van der Waals surface area contributed by atoms with Gasteiger partial charge in [0.25, 0.3) is 0 Å². The average molecular weight is 247 g/mol. The number of rotatable bonds is 2. The summed E-state index contributed by atoms with van der Waals surface area (Å²) in [7, 11) is 1.75. The molecule has 1 saturated heterocycles. The van der Waals surface area contributed by atoms with Crippen LogP contribution in [0.1, 0.15) is 24.3 Å². The third kappa shape index (κ3) is 1.94. The second kappa shape index (κ2) is 4.67. The van der Waals surface area contributed by atoms with Crippen LogP contribution in [0.15, 0.2) is 23.6 Å². The highest BCUT2D eigenvalue weighted by molar-refractivity contribution is 7.17. The molecular weight excluding hydrogens is 230 g/mol. The van der Waals surface area contributed by atoms with Crippen LogP contribution in [0, 0.1) is 0 Å². The maximum atomic E-state index is 5.42. The van der Waals surface area contributed by atoms with Crippen LogP contribution in [-0.4, -0.2) is 20.2 Å². The van der Waals surface area contributed by atoms with E-state index in [0.717, 1.165) is 12.3 Å². The number of nitrogens with one attached hydrogen (secondary N) is 1. The predicted octanol–water partition coefficient (Wildman–Crippen LogP) is 3.38. The van der Waals surface area contributed by atoms with Crippen molar-refractivity contribution in [3.63, 3.8) is 0 Å². The molecule has 3 rings (SSSR count). The second-order valence-electron chi connectivity index (χ2n) is 4.56. The molecule has 17 heavy (non-hydrogen) atoms. The van der Waals surface area contributed by atoms with Crippen molar-refractivity contribution in [2.45, 2.75) is 18.8 Å². The number of piperidine rings is 1. The van der Waals surface area contributed by atoms with Gasteiger partial charge in [0.05, 0.1) is 11.8 Å². The van der Waals surface area contributed by atoms with Gasteiger partial charge in [-0.15, -0.1) is 11.3 Å². The first-order valence-corrected chi connectivity index (χ1v) is 7.03. The molecular formula is C14H17NOS. The van der Waals surface area contributed by atoms with Gasteiger partial charge in [-0.25, -0.2) is 0 Å². The molecule has 1 atom stereocenters. The van der Waals surface area contributed by atoms with E-state index in [2.05, 4.69) is 28.9 Å². The summed E-state index contributed by atoms with van der Waals surface area (Å²) in [5.41, 5.74) is 1.48. The summed E-state index contributed by atoms with van der Waals surface area (Å²) >= 11 is 1.77. The van der Waals surface area contributed by atoms with Crippen LogP contribution in [0.5, 0.6) is 5.75 Å². The summed E-state index contributed by atoms with van der Waals surface area (Å²) in [5.74, 6) is 1.66. The van der Waals surface area contributed by atoms with Crippen molar-refractivity contribution in [3.8, 4) is 5.75 Å². The van der Waals surface area contributed by atoms with Crippen molar-refractivity contribution in [2.75, 3.05) is 20.2 Å². The van der Waals surface area contributed by atoms with Crippen LogP contribution in [0.25, 0.3) is 10.1 Å². The van der Waals surface area contributed by atoms with Gasteiger partial charge < -0.3 is 10.1 Å². The SMILES string of the molecule is COc1ccc(C2CCCNC2)c2ccsc12. The zero-order chi connectivity index (χ0) is 11.7. The lowest BCUT2D eigenvalue weighted by molar-refractivity contribution is 0.420. The van der Waals surface area contributed by atoms with E-state index in [1.807, 2.05) is 0 Å². The number of fused-ring (bicyclic) bond motifs is 1. The molecule has 1 aliphatic heterocycles. The molecule has 90 valence electrons. The van der Waals surface area contributed by atoms with Crippen molar-refractivity contribution in [3.05, 3.63) is 29.1 Å². The molecule has 0 saturated carbocycles. The Labute approximate surface area is 106 Å². The topological polar surface area (TPSA) is 21.3 Å². The van der Waals surface area contributed by atoms with Crippen molar-refractivity contribution in [2.24, 2.45) is 0 Å². The van der Waals surface area contributed by atoms with Gasteiger partial charge in [0.2, 0.25) is 0 Å². The van der Waals surface area contributed by atoms with Gasteiger partial charge in [-0.3, -0.25) is 0 Å². The number of thiophene rings is 1. The van der Waals surface area contributed by atoms with Gasteiger partial charge in [0.1, 0.15) is 5.75 Å². The minimum atomic E-state index is 0.659. The lowest BCUT2D eigenvalue weighted by Crippen LogP contribution is -2.28. The van der Waals surface area contributed by atoms with Crippen molar-refractivity contribution in [1.82, 2.24) is 5.32 Å². The van der Waals surface area contributed by atoms with E-state index in [9.17, 15) is 0 Å². The third-order valence-electron chi connectivity index (χ3n) is 3.57. The van der Waals surface area contributed by atoms with E-state index in [0.29, 0.717) is 5.92 Å². The summed E-state index contributed by atoms with van der Waals surface area (Å²) in [5, 5.41) is 7.03. The third-order valence-corrected chi connectivity index (χ3v) is 4.50. The first-order chi connectivity index (χ1) is 8.40. The first-order valence-electron chi connectivity index (χ1n) is 6.15. The summed E-state index contributed by atoms with van der Waals surface area (Å²) in [4.78, 5) is 0. The number of methoxy groups -OCH3 is 1. The summed E-state index contributed by atoms with van der Waals surface area (Å²) < 4.78 is 6.71. The lowest BCUT2D eigenvalue weighted by Gasteiger charge is -2.24. The molecule has 1 aromatic heterocycles. The molecule has 0 radical (unpaired) electrons. The Morgan fingerprint density at radius 3 is 3.06 bits per heavy atom. The second-order valence-corrected chi connectivity index (χ2v) is 5.48. The molecule has 3 heteroatoms. The number of hydrogen-bond acceptors (Lipinski definition) is 3. The Bertz CT molecular complexity index is 514. The van der Waals surface area contributed by atoms with E-state index < -0.39 is 0 Å². The summed E-state index contributed by atoms with van der Waals surface area (Å²) in [6, 6.07) is 6.58. The average Bonchev–Trinajstić information content (AvgIpc) is 2.88. The van der Waals surface area contributed by atoms with E-state index in [-0.39, 0.29) is 0 Å². The van der Waals surface area contributed by atoms with Gasteiger partial charge in [-0.2, -0.15) is 0 Å². The van der Waals surface area contributed by atoms with Gasteiger partial charge in [-0.1, -0.05) is 6.07 Å². The number of ether oxygens (including phenoxy) is 1. The molecule has 0 aliphatic carbocycles. The number of hydrogen-bond donors (Lipinski definition) is 1. The Hall–Kier alpha value is -1.06. The summed E-state index contributed by atoms with van der Waals surface area (Å²) in [6.45, 7) is 2.27. The van der Waals surface area contributed by atoms with Crippen LogP contribution in [0.2, 0.25) is 0 Å². The minimum Gasteiger partial charge on any atom is -0.495 e. The Kier molecular flexibility index (Phi) is 3.04. The van der Waals surface area contributed by atoms with Crippen molar-refractivity contribution < 1.29 is 4.74 Å².